The van der Waals surface area contributed by atoms with Gasteiger partial charge in [0.2, 0.25) is 0 Å². The third kappa shape index (κ3) is 78.0. The fourth-order valence-corrected chi connectivity index (χ4v) is 14.7. The van der Waals surface area contributed by atoms with E-state index < -0.39 is 97.5 Å². The highest BCUT2D eigenvalue weighted by molar-refractivity contribution is 7.47. The van der Waals surface area contributed by atoms with Crippen LogP contribution in [0.4, 0.5) is 0 Å². The summed E-state index contributed by atoms with van der Waals surface area (Å²) in [6.45, 7) is 7.35. The average Bonchev–Trinajstić information content (AvgIpc) is 0.928. The molecule has 0 aliphatic carbocycles. The molecule has 19 heteroatoms. The number of ether oxygens (including phenoxy) is 4. The number of phosphoric ester groups is 2. The molecule has 0 spiro atoms. The van der Waals surface area contributed by atoms with E-state index in [1.54, 1.807) is 0 Å². The minimum absolute atomic E-state index is 0.107. The largest absolute Gasteiger partial charge is 0.472 e. The predicted molar refractivity (Wildman–Crippen MR) is 423 cm³/mol. The average molecular weight is 1510 g/mol. The molecule has 0 aliphatic heterocycles. The van der Waals surface area contributed by atoms with Crippen LogP contribution in [0.1, 0.15) is 452 Å². The Kier molecular flexibility index (Phi) is 75.4. The van der Waals surface area contributed by atoms with Crippen molar-refractivity contribution in [2.75, 3.05) is 39.6 Å². The monoisotopic (exact) mass is 1510 g/mol. The van der Waals surface area contributed by atoms with Crippen LogP contribution in [0.25, 0.3) is 0 Å². The number of esters is 4. The first kappa shape index (κ1) is 101. The quantitative estimate of drug-likeness (QED) is 0.0222. The molecule has 612 valence electrons. The highest BCUT2D eigenvalue weighted by atomic mass is 31.2. The molecule has 3 N–H and O–H groups in total. The van der Waals surface area contributed by atoms with Crippen molar-refractivity contribution < 1.29 is 80.2 Å². The van der Waals surface area contributed by atoms with E-state index in [0.29, 0.717) is 25.7 Å². The van der Waals surface area contributed by atoms with Gasteiger partial charge in [0.1, 0.15) is 19.3 Å². The summed E-state index contributed by atoms with van der Waals surface area (Å²) < 4.78 is 68.8. The van der Waals surface area contributed by atoms with Crippen LogP contribution in [-0.2, 0) is 65.4 Å². The summed E-state index contributed by atoms with van der Waals surface area (Å²) >= 11 is 0. The molecule has 0 heterocycles. The number of carbonyl (C=O) groups excluding carboxylic acids is 4. The Morgan fingerprint density at radius 2 is 0.447 bits per heavy atom. The molecule has 0 aromatic heterocycles. The van der Waals surface area contributed by atoms with Crippen molar-refractivity contribution in [1.29, 1.82) is 0 Å². The van der Waals surface area contributed by atoms with Gasteiger partial charge in [-0.25, -0.2) is 9.13 Å². The molecule has 0 amide bonds. The number of rotatable bonds is 84. The molecule has 0 saturated heterocycles. The van der Waals surface area contributed by atoms with Crippen LogP contribution in [0.15, 0.2) is 0 Å². The second kappa shape index (κ2) is 76.8. The molecule has 0 saturated carbocycles. The highest BCUT2D eigenvalue weighted by Crippen LogP contribution is 2.45. The van der Waals surface area contributed by atoms with Crippen molar-refractivity contribution in [2.45, 2.75) is 470 Å². The van der Waals surface area contributed by atoms with Crippen LogP contribution < -0.4 is 0 Å². The number of unbranched alkanes of at least 4 members (excludes halogenated alkanes) is 56. The van der Waals surface area contributed by atoms with Crippen molar-refractivity contribution in [3.8, 4) is 0 Å². The molecule has 0 fully saturated rings. The lowest BCUT2D eigenvalue weighted by Crippen LogP contribution is -2.30. The zero-order valence-electron chi connectivity index (χ0n) is 67.5. The summed E-state index contributed by atoms with van der Waals surface area (Å²) in [6, 6.07) is 0. The van der Waals surface area contributed by atoms with E-state index in [2.05, 4.69) is 34.6 Å². The molecule has 0 radical (unpaired) electrons. The second-order valence-corrected chi connectivity index (χ2v) is 33.6. The van der Waals surface area contributed by atoms with Crippen LogP contribution in [0.2, 0.25) is 0 Å². The first-order chi connectivity index (χ1) is 50.0. The number of aliphatic hydroxyl groups is 1. The molecule has 0 aromatic rings. The molecule has 17 nitrogen and oxygen atoms in total. The van der Waals surface area contributed by atoms with Gasteiger partial charge >= 0.3 is 39.5 Å². The number of phosphoric acid groups is 2. The fraction of sp³-hybridized carbons (Fsp3) is 0.952. The first-order valence-electron chi connectivity index (χ1n) is 43.6. The Labute approximate surface area is 632 Å². The summed E-state index contributed by atoms with van der Waals surface area (Å²) in [5, 5.41) is 10.7. The second-order valence-electron chi connectivity index (χ2n) is 30.7. The summed E-state index contributed by atoms with van der Waals surface area (Å²) in [7, 11) is -9.92. The smallest absolute Gasteiger partial charge is 0.462 e. The molecule has 2 unspecified atom stereocenters. The van der Waals surface area contributed by atoms with Gasteiger partial charge in [-0.1, -0.05) is 401 Å². The zero-order chi connectivity index (χ0) is 75.5. The predicted octanol–water partition coefficient (Wildman–Crippen LogP) is 25.6. The van der Waals surface area contributed by atoms with Crippen LogP contribution >= 0.6 is 15.6 Å². The Morgan fingerprint density at radius 3 is 0.660 bits per heavy atom. The van der Waals surface area contributed by atoms with Crippen LogP contribution in [0.3, 0.4) is 0 Å². The Bertz CT molecular complexity index is 1960. The summed E-state index contributed by atoms with van der Waals surface area (Å²) in [4.78, 5) is 73.1. The first-order valence-corrected chi connectivity index (χ1v) is 46.6. The minimum Gasteiger partial charge on any atom is -0.462 e. The van der Waals surface area contributed by atoms with Gasteiger partial charge in [0.25, 0.3) is 0 Å². The zero-order valence-corrected chi connectivity index (χ0v) is 69.3. The van der Waals surface area contributed by atoms with E-state index in [9.17, 15) is 43.2 Å². The van der Waals surface area contributed by atoms with E-state index in [-0.39, 0.29) is 25.7 Å². The van der Waals surface area contributed by atoms with Gasteiger partial charge < -0.3 is 33.8 Å². The van der Waals surface area contributed by atoms with E-state index in [0.717, 1.165) is 95.8 Å². The number of carbonyl (C=O) groups is 4. The van der Waals surface area contributed by atoms with E-state index in [4.69, 9.17) is 37.0 Å². The van der Waals surface area contributed by atoms with E-state index >= 15 is 0 Å². The van der Waals surface area contributed by atoms with Gasteiger partial charge in [-0.3, -0.25) is 37.3 Å². The topological polar surface area (TPSA) is 237 Å². The van der Waals surface area contributed by atoms with Crippen molar-refractivity contribution in [3.63, 3.8) is 0 Å². The maximum absolute atomic E-state index is 13.1. The van der Waals surface area contributed by atoms with E-state index in [1.807, 2.05) is 0 Å². The van der Waals surface area contributed by atoms with Gasteiger partial charge in [0.05, 0.1) is 26.4 Å². The lowest BCUT2D eigenvalue weighted by molar-refractivity contribution is -0.161. The SMILES string of the molecule is CCCCCCCCCCCCCCCCCCCCCCCCC(=O)O[C@H](COC(=O)CCCCCCCCCCCCCCCCC)COP(=O)(O)OC[C@@H](O)COP(=O)(O)OC[C@@H](COC(=O)CCCCCCCCCCCCCC)OC(=O)CCCCCCCCCCCCCC(C)C. The van der Waals surface area contributed by atoms with Gasteiger partial charge in [0, 0.05) is 25.7 Å². The Balaban J connectivity index is 5.22. The number of hydrogen-bond acceptors (Lipinski definition) is 15. The summed E-state index contributed by atoms with van der Waals surface area (Å²) in [6.07, 6.45) is 69.4. The highest BCUT2D eigenvalue weighted by Gasteiger charge is 2.30. The summed E-state index contributed by atoms with van der Waals surface area (Å²) in [5.41, 5.74) is 0. The minimum atomic E-state index is -4.96. The van der Waals surface area contributed by atoms with Crippen LogP contribution in [-0.4, -0.2) is 96.7 Å². The standard InChI is InChI=1S/C84H164O17P2/c1-6-9-12-15-18-21-24-27-29-30-31-32-33-34-35-37-39-44-49-54-59-64-69-83(88)100-79(74-95-82(87)68-63-58-53-48-43-38-36-28-25-22-19-16-13-10-7-2)75-98-102(90,91)96-71-78(85)72-97-103(92,93)99-76-80(73-94-81(86)67-62-57-52-47-42-26-23-20-17-14-11-8-3)101-84(89)70-65-60-55-50-45-40-41-46-51-56-61-66-77(4)5/h77-80,85H,6-76H2,1-5H3,(H,90,91)(H,92,93)/t78-,79-,80-/m1/s1. The van der Waals surface area contributed by atoms with Crippen molar-refractivity contribution in [3.05, 3.63) is 0 Å². The Hall–Kier alpha value is -1.94. The molecule has 0 rings (SSSR count). The summed E-state index contributed by atoms with van der Waals surface area (Å²) in [5.74, 6) is -1.34. The van der Waals surface area contributed by atoms with Crippen molar-refractivity contribution in [1.82, 2.24) is 0 Å². The van der Waals surface area contributed by atoms with Crippen molar-refractivity contribution >= 4 is 39.5 Å². The number of hydrogen-bond donors (Lipinski definition) is 3. The van der Waals surface area contributed by atoms with Crippen LogP contribution in [0.5, 0.6) is 0 Å². The van der Waals surface area contributed by atoms with E-state index in [1.165, 1.54) is 276 Å². The van der Waals surface area contributed by atoms with Gasteiger partial charge in [0.15, 0.2) is 12.2 Å². The van der Waals surface area contributed by atoms with Crippen molar-refractivity contribution in [2.24, 2.45) is 5.92 Å². The molecular weight excluding hydrogens is 1340 g/mol. The molecule has 0 aliphatic rings. The maximum atomic E-state index is 13.1. The molecule has 0 aromatic carbocycles. The Morgan fingerprint density at radius 1 is 0.262 bits per heavy atom. The fourth-order valence-electron chi connectivity index (χ4n) is 13.1. The third-order valence-electron chi connectivity index (χ3n) is 19.8. The number of aliphatic hydroxyl groups excluding tert-OH is 1. The van der Waals surface area contributed by atoms with Gasteiger partial charge in [-0.05, 0) is 31.6 Å². The van der Waals surface area contributed by atoms with Gasteiger partial charge in [-0.2, -0.15) is 0 Å². The molecule has 5 atom stereocenters. The van der Waals surface area contributed by atoms with Gasteiger partial charge in [-0.15, -0.1) is 0 Å². The normalized spacial score (nSPS) is 13.8. The lowest BCUT2D eigenvalue weighted by Gasteiger charge is -2.21. The van der Waals surface area contributed by atoms with Crippen LogP contribution in [0, 0.1) is 5.92 Å². The molecule has 103 heavy (non-hydrogen) atoms. The maximum Gasteiger partial charge on any atom is 0.472 e. The molecule has 0 bridgehead atoms. The third-order valence-corrected chi connectivity index (χ3v) is 21.7. The molecular formula is C84H164O17P2. The lowest BCUT2D eigenvalue weighted by atomic mass is 10.0.